The summed E-state index contributed by atoms with van der Waals surface area (Å²) < 4.78 is 10.7. The molecule has 0 spiro atoms. The van der Waals surface area contributed by atoms with E-state index < -0.39 is 17.0 Å². The van der Waals surface area contributed by atoms with Crippen molar-refractivity contribution in [2.24, 2.45) is 5.10 Å². The van der Waals surface area contributed by atoms with Crippen molar-refractivity contribution in [3.63, 3.8) is 0 Å². The molecule has 1 aromatic heterocycles. The number of benzene rings is 1. The second-order valence-corrected chi connectivity index (χ2v) is 5.62. The molecule has 0 aliphatic carbocycles. The van der Waals surface area contributed by atoms with E-state index in [2.05, 4.69) is 5.10 Å². The quantitative estimate of drug-likeness (QED) is 0.606. The average Bonchev–Trinajstić information content (AvgIpc) is 3.16. The fourth-order valence-electron chi connectivity index (χ4n) is 2.09. The lowest BCUT2D eigenvalue weighted by atomic mass is 10.2. The van der Waals surface area contributed by atoms with Gasteiger partial charge in [0.15, 0.2) is 5.76 Å². The smallest absolute Gasteiger partial charge is 0.433 e. The Bertz CT molecular complexity index is 864. The van der Waals surface area contributed by atoms with Gasteiger partial charge in [-0.25, -0.2) is 0 Å². The highest BCUT2D eigenvalue weighted by Gasteiger charge is 2.35. The zero-order valence-corrected chi connectivity index (χ0v) is 13.6. The maximum absolute atomic E-state index is 11.8. The van der Waals surface area contributed by atoms with Gasteiger partial charge in [0.05, 0.1) is 16.1 Å². The molecule has 0 fully saturated rings. The van der Waals surface area contributed by atoms with Crippen LogP contribution < -0.4 is 0 Å². The Balaban J connectivity index is 1.94. The number of hydrogen-bond acceptors (Lipinski definition) is 6. The highest BCUT2D eigenvalue weighted by Crippen LogP contribution is 2.34. The van der Waals surface area contributed by atoms with Gasteiger partial charge < -0.3 is 9.15 Å². The van der Waals surface area contributed by atoms with Crippen LogP contribution in [-0.2, 0) is 9.53 Å². The van der Waals surface area contributed by atoms with Crippen molar-refractivity contribution >= 4 is 40.9 Å². The molecule has 0 radical (unpaired) electrons. The zero-order chi connectivity index (χ0) is 17.4. The van der Waals surface area contributed by atoms with Gasteiger partial charge in [-0.05, 0) is 18.2 Å². The lowest BCUT2D eigenvalue weighted by Crippen LogP contribution is -2.25. The number of carbonyl (C=O) groups is 1. The Kier molecular flexibility index (Phi) is 4.16. The molecule has 24 heavy (non-hydrogen) atoms. The number of halogens is 2. The molecule has 1 unspecified atom stereocenters. The SMILES string of the molecule is CC(=O)N1N=C(c2ccc([N+](=O)[O-])o2)OC1c1ccc(Cl)c(Cl)c1. The van der Waals surface area contributed by atoms with Gasteiger partial charge in [0.2, 0.25) is 12.1 Å². The van der Waals surface area contributed by atoms with Crippen LogP contribution in [0.15, 0.2) is 39.9 Å². The Hall–Kier alpha value is -2.58. The van der Waals surface area contributed by atoms with Crippen molar-refractivity contribution in [3.05, 3.63) is 61.8 Å². The van der Waals surface area contributed by atoms with Gasteiger partial charge in [0.1, 0.15) is 4.92 Å². The topological polar surface area (TPSA) is 98.2 Å². The van der Waals surface area contributed by atoms with Crippen LogP contribution >= 0.6 is 23.2 Å². The molecule has 8 nitrogen and oxygen atoms in total. The second kappa shape index (κ2) is 6.14. The maximum atomic E-state index is 11.8. The molecule has 1 amide bonds. The first kappa shape index (κ1) is 16.3. The first-order chi connectivity index (χ1) is 11.4. The average molecular weight is 370 g/mol. The van der Waals surface area contributed by atoms with Gasteiger partial charge in [-0.2, -0.15) is 5.01 Å². The summed E-state index contributed by atoms with van der Waals surface area (Å²) in [6, 6.07) is 7.26. The highest BCUT2D eigenvalue weighted by molar-refractivity contribution is 6.42. The first-order valence-corrected chi connectivity index (χ1v) is 7.37. The molecule has 124 valence electrons. The van der Waals surface area contributed by atoms with E-state index >= 15 is 0 Å². The molecule has 10 heteroatoms. The number of hydrazone groups is 1. The fourth-order valence-corrected chi connectivity index (χ4v) is 2.39. The van der Waals surface area contributed by atoms with E-state index in [0.29, 0.717) is 15.6 Å². The van der Waals surface area contributed by atoms with E-state index in [1.165, 1.54) is 19.1 Å². The van der Waals surface area contributed by atoms with Crippen LogP contribution in [0, 0.1) is 10.1 Å². The summed E-state index contributed by atoms with van der Waals surface area (Å²) in [7, 11) is 0. The van der Waals surface area contributed by atoms with Crippen LogP contribution in [-0.4, -0.2) is 21.7 Å². The van der Waals surface area contributed by atoms with Crippen molar-refractivity contribution in [1.29, 1.82) is 0 Å². The summed E-state index contributed by atoms with van der Waals surface area (Å²) >= 11 is 11.9. The number of carbonyl (C=O) groups excluding carboxylic acids is 1. The van der Waals surface area contributed by atoms with E-state index in [1.54, 1.807) is 18.2 Å². The molecule has 1 aliphatic heterocycles. The summed E-state index contributed by atoms with van der Waals surface area (Å²) in [6.45, 7) is 1.31. The number of amides is 1. The van der Waals surface area contributed by atoms with Crippen molar-refractivity contribution in [3.8, 4) is 0 Å². The van der Waals surface area contributed by atoms with E-state index in [9.17, 15) is 14.9 Å². The molecule has 0 bridgehead atoms. The van der Waals surface area contributed by atoms with E-state index in [0.717, 1.165) is 5.01 Å². The lowest BCUT2D eigenvalue weighted by molar-refractivity contribution is -0.402. The maximum Gasteiger partial charge on any atom is 0.433 e. The number of hydrogen-bond donors (Lipinski definition) is 0. The van der Waals surface area contributed by atoms with Crippen LogP contribution in [0.1, 0.15) is 24.5 Å². The Morgan fingerprint density at radius 3 is 2.62 bits per heavy atom. The van der Waals surface area contributed by atoms with Crippen LogP contribution in [0.25, 0.3) is 0 Å². The Morgan fingerprint density at radius 2 is 2.04 bits per heavy atom. The first-order valence-electron chi connectivity index (χ1n) is 6.61. The number of furan rings is 1. The van der Waals surface area contributed by atoms with Gasteiger partial charge in [0.25, 0.3) is 5.90 Å². The monoisotopic (exact) mass is 369 g/mol. The minimum absolute atomic E-state index is 0.0375. The largest absolute Gasteiger partial charge is 0.443 e. The van der Waals surface area contributed by atoms with E-state index in [1.807, 2.05) is 0 Å². The number of nitrogens with zero attached hydrogens (tertiary/aromatic N) is 3. The normalized spacial score (nSPS) is 16.7. The van der Waals surface area contributed by atoms with Crippen molar-refractivity contribution in [2.45, 2.75) is 13.2 Å². The summed E-state index contributed by atoms with van der Waals surface area (Å²) in [5.74, 6) is -0.851. The Morgan fingerprint density at radius 1 is 1.29 bits per heavy atom. The lowest BCUT2D eigenvalue weighted by Gasteiger charge is -2.19. The standard InChI is InChI=1S/C14H9Cl2N3O5/c1-7(20)18-14(8-2-3-9(15)10(16)6-8)24-13(17-18)11-4-5-12(23-11)19(21)22/h2-6,14H,1H3. The Labute approximate surface area is 145 Å². The minimum Gasteiger partial charge on any atom is -0.443 e. The minimum atomic E-state index is -0.878. The summed E-state index contributed by atoms with van der Waals surface area (Å²) in [6.07, 6.45) is -0.878. The zero-order valence-electron chi connectivity index (χ0n) is 12.1. The van der Waals surface area contributed by atoms with Crippen LogP contribution in [0.3, 0.4) is 0 Å². The molecule has 1 aromatic carbocycles. The van der Waals surface area contributed by atoms with Gasteiger partial charge in [-0.3, -0.25) is 14.9 Å². The van der Waals surface area contributed by atoms with Crippen LogP contribution in [0.2, 0.25) is 10.0 Å². The molecule has 0 saturated heterocycles. The van der Waals surface area contributed by atoms with E-state index in [-0.39, 0.29) is 17.6 Å². The molecule has 3 rings (SSSR count). The predicted octanol–water partition coefficient (Wildman–Crippen LogP) is 3.73. The van der Waals surface area contributed by atoms with E-state index in [4.69, 9.17) is 32.4 Å². The molecule has 2 heterocycles. The molecular formula is C14H9Cl2N3O5. The number of rotatable bonds is 3. The van der Waals surface area contributed by atoms with Gasteiger partial charge in [0, 0.05) is 12.5 Å². The number of ether oxygens (including phenoxy) is 1. The number of nitro groups is 1. The van der Waals surface area contributed by atoms with Gasteiger partial charge in [-0.15, -0.1) is 5.10 Å². The predicted molar refractivity (Wildman–Crippen MR) is 84.7 cm³/mol. The van der Waals surface area contributed by atoms with Crippen molar-refractivity contribution in [1.82, 2.24) is 5.01 Å². The van der Waals surface area contributed by atoms with Crippen molar-refractivity contribution in [2.75, 3.05) is 0 Å². The molecule has 1 atom stereocenters. The van der Waals surface area contributed by atoms with Crippen LogP contribution in [0.4, 0.5) is 5.88 Å². The molecule has 0 saturated carbocycles. The third kappa shape index (κ3) is 2.93. The highest BCUT2D eigenvalue weighted by atomic mass is 35.5. The summed E-state index contributed by atoms with van der Waals surface area (Å²) in [4.78, 5) is 21.8. The molecule has 1 aliphatic rings. The third-order valence-corrected chi connectivity index (χ3v) is 3.92. The molecular weight excluding hydrogens is 361 g/mol. The second-order valence-electron chi connectivity index (χ2n) is 4.81. The summed E-state index contributed by atoms with van der Waals surface area (Å²) in [5, 5.41) is 16.5. The fraction of sp³-hybridized carbons (Fsp3) is 0.143. The van der Waals surface area contributed by atoms with Crippen molar-refractivity contribution < 1.29 is 18.9 Å². The van der Waals surface area contributed by atoms with Gasteiger partial charge >= 0.3 is 5.88 Å². The summed E-state index contributed by atoms with van der Waals surface area (Å²) in [5.41, 5.74) is 0.541. The molecule has 2 aromatic rings. The van der Waals surface area contributed by atoms with Gasteiger partial charge in [-0.1, -0.05) is 29.3 Å². The third-order valence-electron chi connectivity index (χ3n) is 3.18. The molecule has 0 N–H and O–H groups in total. The van der Waals surface area contributed by atoms with Crippen LogP contribution in [0.5, 0.6) is 0 Å².